The Morgan fingerprint density at radius 3 is 2.44 bits per heavy atom. The average molecular weight is 434 g/mol. The summed E-state index contributed by atoms with van der Waals surface area (Å²) in [6.45, 7) is 6.40. The number of nitrogens with zero attached hydrogens (tertiary/aromatic N) is 2. The zero-order valence-corrected chi connectivity index (χ0v) is 18.2. The molecule has 0 unspecified atom stereocenters. The van der Waals surface area contributed by atoms with E-state index in [0.717, 1.165) is 11.9 Å². The molecule has 0 aliphatic heterocycles. The van der Waals surface area contributed by atoms with Crippen molar-refractivity contribution in [3.63, 3.8) is 0 Å². The van der Waals surface area contributed by atoms with Crippen LogP contribution >= 0.6 is 0 Å². The van der Waals surface area contributed by atoms with Crippen LogP contribution in [-0.2, 0) is 10.2 Å². The fourth-order valence-corrected chi connectivity index (χ4v) is 3.16. The molecule has 0 amide bonds. The van der Waals surface area contributed by atoms with Crippen LogP contribution in [0.25, 0.3) is 11.0 Å². The molecule has 7 nitrogen and oxygen atoms in total. The van der Waals surface area contributed by atoms with Crippen molar-refractivity contribution in [3.05, 3.63) is 71.9 Å². The van der Waals surface area contributed by atoms with Gasteiger partial charge < -0.3 is 19.8 Å². The number of hydrogen-bond donors (Lipinski definition) is 2. The summed E-state index contributed by atoms with van der Waals surface area (Å²) in [6.07, 6.45) is 1.10. The van der Waals surface area contributed by atoms with Crippen LogP contribution in [0.15, 0.2) is 59.1 Å². The van der Waals surface area contributed by atoms with Crippen LogP contribution in [0.5, 0.6) is 0 Å². The van der Waals surface area contributed by atoms with E-state index in [1.54, 1.807) is 24.3 Å². The van der Waals surface area contributed by atoms with Crippen molar-refractivity contribution < 1.29 is 18.3 Å². The summed E-state index contributed by atoms with van der Waals surface area (Å²) in [5, 5.41) is 6.74. The summed E-state index contributed by atoms with van der Waals surface area (Å²) in [5.41, 5.74) is 3.12. The first kappa shape index (κ1) is 21.3. The summed E-state index contributed by atoms with van der Waals surface area (Å²) in [5.74, 6) is -0.728. The Labute approximate surface area is 184 Å². The number of halogens is 1. The van der Waals surface area contributed by atoms with Gasteiger partial charge in [-0.1, -0.05) is 32.9 Å². The third kappa shape index (κ3) is 4.54. The molecule has 32 heavy (non-hydrogen) atoms. The SMILES string of the molecule is COC(=O)c1cc2cc(Nc3ncc(F)c(Nc4ccc(C(C)(C)C)cc4)n3)ccc2o1. The molecule has 0 radical (unpaired) electrons. The molecule has 0 saturated carbocycles. The monoisotopic (exact) mass is 434 g/mol. The number of nitrogens with one attached hydrogen (secondary N) is 2. The number of hydrogen-bond acceptors (Lipinski definition) is 7. The van der Waals surface area contributed by atoms with Crippen molar-refractivity contribution in [2.75, 3.05) is 17.7 Å². The molecule has 164 valence electrons. The number of benzene rings is 2. The maximum Gasteiger partial charge on any atom is 0.373 e. The molecule has 2 N–H and O–H groups in total. The van der Waals surface area contributed by atoms with E-state index in [4.69, 9.17) is 4.42 Å². The maximum absolute atomic E-state index is 14.3. The van der Waals surface area contributed by atoms with Gasteiger partial charge in [-0.25, -0.2) is 14.2 Å². The Balaban J connectivity index is 1.54. The van der Waals surface area contributed by atoms with Crippen LogP contribution < -0.4 is 10.6 Å². The first-order valence-electron chi connectivity index (χ1n) is 10.0. The highest BCUT2D eigenvalue weighted by Crippen LogP contribution is 2.27. The lowest BCUT2D eigenvalue weighted by Crippen LogP contribution is -2.10. The van der Waals surface area contributed by atoms with Crippen LogP contribution in [0.4, 0.5) is 27.5 Å². The van der Waals surface area contributed by atoms with Gasteiger partial charge in [0.1, 0.15) is 5.58 Å². The number of fused-ring (bicyclic) bond motifs is 1. The minimum Gasteiger partial charge on any atom is -0.463 e. The second kappa shape index (κ2) is 8.30. The van der Waals surface area contributed by atoms with Gasteiger partial charge >= 0.3 is 5.97 Å². The number of carbonyl (C=O) groups is 1. The van der Waals surface area contributed by atoms with Gasteiger partial charge in [0.25, 0.3) is 0 Å². The fourth-order valence-electron chi connectivity index (χ4n) is 3.16. The molecule has 2 aromatic carbocycles. The van der Waals surface area contributed by atoms with Crippen LogP contribution in [0.1, 0.15) is 36.9 Å². The number of esters is 1. The number of furan rings is 1. The lowest BCUT2D eigenvalue weighted by molar-refractivity contribution is 0.0567. The third-order valence-corrected chi connectivity index (χ3v) is 4.92. The molecule has 8 heteroatoms. The third-order valence-electron chi connectivity index (χ3n) is 4.92. The Kier molecular flexibility index (Phi) is 5.52. The molecule has 0 aliphatic rings. The highest BCUT2D eigenvalue weighted by molar-refractivity contribution is 5.93. The van der Waals surface area contributed by atoms with Gasteiger partial charge in [-0.15, -0.1) is 0 Å². The molecule has 2 heterocycles. The average Bonchev–Trinajstić information content (AvgIpc) is 3.19. The van der Waals surface area contributed by atoms with Gasteiger partial charge in [0.2, 0.25) is 11.7 Å². The highest BCUT2D eigenvalue weighted by Gasteiger charge is 2.15. The van der Waals surface area contributed by atoms with Gasteiger partial charge in [-0.3, -0.25) is 0 Å². The largest absolute Gasteiger partial charge is 0.463 e. The molecule has 0 fully saturated rings. The van der Waals surface area contributed by atoms with E-state index in [2.05, 4.69) is 46.1 Å². The van der Waals surface area contributed by atoms with E-state index in [1.807, 2.05) is 24.3 Å². The Hall–Kier alpha value is -3.94. The standard InChI is InChI=1S/C24H23FN4O3/c1-24(2,3)15-5-7-16(8-6-15)27-21-18(25)13-26-23(29-21)28-17-9-10-19-14(11-17)12-20(32-19)22(30)31-4/h5-13H,1-4H3,(H2,26,27,28,29). The Bertz CT molecular complexity index is 1280. The molecule has 2 aromatic heterocycles. The van der Waals surface area contributed by atoms with Crippen molar-refractivity contribution in [2.45, 2.75) is 26.2 Å². The lowest BCUT2D eigenvalue weighted by atomic mass is 9.87. The van der Waals surface area contributed by atoms with Crippen molar-refractivity contribution in [1.29, 1.82) is 0 Å². The minimum atomic E-state index is -0.566. The van der Waals surface area contributed by atoms with E-state index in [9.17, 15) is 9.18 Å². The zero-order chi connectivity index (χ0) is 22.9. The molecule has 0 saturated heterocycles. The summed E-state index contributed by atoms with van der Waals surface area (Å²) in [6, 6.07) is 14.6. The van der Waals surface area contributed by atoms with E-state index in [1.165, 1.54) is 12.7 Å². The number of carbonyl (C=O) groups excluding carboxylic acids is 1. The van der Waals surface area contributed by atoms with Crippen molar-refractivity contribution in [2.24, 2.45) is 0 Å². The van der Waals surface area contributed by atoms with Gasteiger partial charge in [0.05, 0.1) is 13.3 Å². The smallest absolute Gasteiger partial charge is 0.373 e. The van der Waals surface area contributed by atoms with E-state index in [-0.39, 0.29) is 22.9 Å². The number of anilines is 4. The Morgan fingerprint density at radius 1 is 1.03 bits per heavy atom. The predicted octanol–water partition coefficient (Wildman–Crippen LogP) is 5.93. The molecule has 0 atom stereocenters. The van der Waals surface area contributed by atoms with Crippen LogP contribution in [0, 0.1) is 5.82 Å². The van der Waals surface area contributed by atoms with Crippen molar-refractivity contribution >= 4 is 40.1 Å². The van der Waals surface area contributed by atoms with Crippen LogP contribution in [-0.4, -0.2) is 23.0 Å². The summed E-state index contributed by atoms with van der Waals surface area (Å²) >= 11 is 0. The second-order valence-electron chi connectivity index (χ2n) is 8.32. The fraction of sp³-hybridized carbons (Fsp3) is 0.208. The summed E-state index contributed by atoms with van der Waals surface area (Å²) < 4.78 is 24.5. The number of methoxy groups -OCH3 is 1. The molecule has 0 spiro atoms. The topological polar surface area (TPSA) is 89.3 Å². The van der Waals surface area contributed by atoms with Gasteiger partial charge in [0, 0.05) is 16.8 Å². The number of rotatable bonds is 5. The van der Waals surface area contributed by atoms with E-state index >= 15 is 0 Å². The zero-order valence-electron chi connectivity index (χ0n) is 18.2. The molecule has 4 aromatic rings. The van der Waals surface area contributed by atoms with Crippen LogP contribution in [0.2, 0.25) is 0 Å². The lowest BCUT2D eigenvalue weighted by Gasteiger charge is -2.19. The Morgan fingerprint density at radius 2 is 1.75 bits per heavy atom. The van der Waals surface area contributed by atoms with Gasteiger partial charge in [-0.05, 0) is 47.4 Å². The first-order chi connectivity index (χ1) is 15.2. The van der Waals surface area contributed by atoms with Crippen molar-refractivity contribution in [3.8, 4) is 0 Å². The highest BCUT2D eigenvalue weighted by atomic mass is 19.1. The number of aromatic nitrogens is 2. The second-order valence-corrected chi connectivity index (χ2v) is 8.32. The van der Waals surface area contributed by atoms with E-state index in [0.29, 0.717) is 16.7 Å². The molecule has 0 aliphatic carbocycles. The van der Waals surface area contributed by atoms with Gasteiger partial charge in [0.15, 0.2) is 11.6 Å². The van der Waals surface area contributed by atoms with Crippen LogP contribution in [0.3, 0.4) is 0 Å². The minimum absolute atomic E-state index is 0.0312. The summed E-state index contributed by atoms with van der Waals surface area (Å²) in [7, 11) is 1.29. The molecular formula is C24H23FN4O3. The van der Waals surface area contributed by atoms with Crippen molar-refractivity contribution in [1.82, 2.24) is 9.97 Å². The molecular weight excluding hydrogens is 411 g/mol. The maximum atomic E-state index is 14.3. The first-order valence-corrected chi connectivity index (χ1v) is 10.0. The predicted molar refractivity (Wildman–Crippen MR) is 121 cm³/mol. The van der Waals surface area contributed by atoms with Gasteiger partial charge in [-0.2, -0.15) is 4.98 Å². The molecule has 0 bridgehead atoms. The molecule has 4 rings (SSSR count). The van der Waals surface area contributed by atoms with E-state index < -0.39 is 11.8 Å². The summed E-state index contributed by atoms with van der Waals surface area (Å²) in [4.78, 5) is 19.9. The number of ether oxygens (including phenoxy) is 1. The quantitative estimate of drug-likeness (QED) is 0.376. The normalized spacial score (nSPS) is 11.4.